The summed E-state index contributed by atoms with van der Waals surface area (Å²) in [6, 6.07) is 0. The molecule has 2 atom stereocenters. The summed E-state index contributed by atoms with van der Waals surface area (Å²) < 4.78 is 5.73. The number of ether oxygens (including phenoxy) is 1. The van der Waals surface area contributed by atoms with Gasteiger partial charge in [-0.05, 0) is 19.3 Å². The first-order chi connectivity index (χ1) is 5.86. The molecule has 0 aliphatic carbocycles. The van der Waals surface area contributed by atoms with Crippen molar-refractivity contribution in [1.29, 1.82) is 0 Å². The molecule has 2 heteroatoms. The molecule has 1 rings (SSSR count). The van der Waals surface area contributed by atoms with E-state index in [2.05, 4.69) is 6.92 Å². The summed E-state index contributed by atoms with van der Waals surface area (Å²) in [7, 11) is 0. The summed E-state index contributed by atoms with van der Waals surface area (Å²) in [6.07, 6.45) is 8.48. The highest BCUT2D eigenvalue weighted by Gasteiger charge is 2.22. The van der Waals surface area contributed by atoms with Crippen LogP contribution in [0.3, 0.4) is 0 Å². The van der Waals surface area contributed by atoms with Gasteiger partial charge in [0.15, 0.2) is 0 Å². The Bertz CT molecular complexity index is 116. The van der Waals surface area contributed by atoms with Crippen LogP contribution in [0.4, 0.5) is 0 Å². The maximum atomic E-state index is 5.73. The molecule has 1 fully saturated rings. The topological polar surface area (TPSA) is 35.2 Å². The van der Waals surface area contributed by atoms with Crippen molar-refractivity contribution in [3.05, 3.63) is 0 Å². The highest BCUT2D eigenvalue weighted by Crippen LogP contribution is 2.22. The lowest BCUT2D eigenvalue weighted by Crippen LogP contribution is -2.20. The van der Waals surface area contributed by atoms with E-state index in [0.717, 1.165) is 0 Å². The van der Waals surface area contributed by atoms with Crippen LogP contribution in [0.2, 0.25) is 0 Å². The third-order valence-electron chi connectivity index (χ3n) is 2.59. The second kappa shape index (κ2) is 5.55. The van der Waals surface area contributed by atoms with Crippen LogP contribution in [0, 0.1) is 0 Å². The van der Waals surface area contributed by atoms with Gasteiger partial charge < -0.3 is 10.5 Å². The average molecular weight is 171 g/mol. The number of unbranched alkanes of at least 4 members (excludes halogenated alkanes) is 2. The molecular formula is C10H21NO. The molecule has 0 aromatic rings. The minimum Gasteiger partial charge on any atom is -0.374 e. The SMILES string of the molecule is CCCCC[C@@H]1CC[C@H](CN)O1. The molecule has 0 spiro atoms. The van der Waals surface area contributed by atoms with E-state index < -0.39 is 0 Å². The minimum atomic E-state index is 0.358. The molecule has 0 unspecified atom stereocenters. The molecule has 12 heavy (non-hydrogen) atoms. The Balaban J connectivity index is 2.03. The van der Waals surface area contributed by atoms with Gasteiger partial charge in [-0.1, -0.05) is 26.2 Å². The first-order valence-electron chi connectivity index (χ1n) is 5.22. The molecule has 0 bridgehead atoms. The van der Waals surface area contributed by atoms with Gasteiger partial charge in [0.25, 0.3) is 0 Å². The zero-order valence-corrected chi connectivity index (χ0v) is 8.09. The summed E-state index contributed by atoms with van der Waals surface area (Å²) in [5.74, 6) is 0. The molecule has 2 N–H and O–H groups in total. The van der Waals surface area contributed by atoms with Gasteiger partial charge in [-0.2, -0.15) is 0 Å². The average Bonchev–Trinajstić information content (AvgIpc) is 2.53. The van der Waals surface area contributed by atoms with Crippen molar-refractivity contribution in [3.63, 3.8) is 0 Å². The molecule has 2 nitrogen and oxygen atoms in total. The van der Waals surface area contributed by atoms with Crippen molar-refractivity contribution in [1.82, 2.24) is 0 Å². The second-order valence-corrected chi connectivity index (χ2v) is 3.69. The zero-order valence-electron chi connectivity index (χ0n) is 8.09. The highest BCUT2D eigenvalue weighted by molar-refractivity contribution is 4.73. The molecule has 1 aliphatic rings. The van der Waals surface area contributed by atoms with E-state index in [1.54, 1.807) is 0 Å². The summed E-state index contributed by atoms with van der Waals surface area (Å²) in [6.45, 7) is 2.93. The molecule has 0 radical (unpaired) electrons. The van der Waals surface area contributed by atoms with Crippen LogP contribution in [0.15, 0.2) is 0 Å². The lowest BCUT2D eigenvalue weighted by Gasteiger charge is -2.11. The Hall–Kier alpha value is -0.0800. The number of rotatable bonds is 5. The number of hydrogen-bond donors (Lipinski definition) is 1. The molecule has 1 heterocycles. The van der Waals surface area contributed by atoms with E-state index in [0.29, 0.717) is 18.8 Å². The van der Waals surface area contributed by atoms with E-state index in [4.69, 9.17) is 10.5 Å². The Morgan fingerprint density at radius 1 is 1.25 bits per heavy atom. The van der Waals surface area contributed by atoms with Crippen LogP contribution in [0.25, 0.3) is 0 Å². The van der Waals surface area contributed by atoms with Crippen LogP contribution in [0.5, 0.6) is 0 Å². The molecular weight excluding hydrogens is 150 g/mol. The van der Waals surface area contributed by atoms with Gasteiger partial charge >= 0.3 is 0 Å². The van der Waals surface area contributed by atoms with Crippen molar-refractivity contribution in [3.8, 4) is 0 Å². The Kier molecular flexibility index (Phi) is 4.62. The second-order valence-electron chi connectivity index (χ2n) is 3.69. The summed E-state index contributed by atoms with van der Waals surface area (Å²) >= 11 is 0. The lowest BCUT2D eigenvalue weighted by molar-refractivity contribution is 0.0442. The van der Waals surface area contributed by atoms with Gasteiger partial charge in [0.1, 0.15) is 0 Å². The smallest absolute Gasteiger partial charge is 0.0702 e. The molecule has 72 valence electrons. The normalized spacial score (nSPS) is 29.5. The van der Waals surface area contributed by atoms with Gasteiger partial charge in [0, 0.05) is 6.54 Å². The first kappa shape index (κ1) is 10.0. The van der Waals surface area contributed by atoms with Gasteiger partial charge in [0.2, 0.25) is 0 Å². The maximum absolute atomic E-state index is 5.73. The van der Waals surface area contributed by atoms with Gasteiger partial charge in [-0.3, -0.25) is 0 Å². The molecule has 1 saturated heterocycles. The molecule has 0 saturated carbocycles. The van der Waals surface area contributed by atoms with E-state index in [-0.39, 0.29) is 0 Å². The number of hydrogen-bond acceptors (Lipinski definition) is 2. The van der Waals surface area contributed by atoms with E-state index in [1.165, 1.54) is 38.5 Å². The highest BCUT2D eigenvalue weighted by atomic mass is 16.5. The minimum absolute atomic E-state index is 0.358. The summed E-state index contributed by atoms with van der Waals surface area (Å²) in [4.78, 5) is 0. The Morgan fingerprint density at radius 3 is 2.58 bits per heavy atom. The van der Waals surface area contributed by atoms with Crippen LogP contribution in [-0.4, -0.2) is 18.8 Å². The summed E-state index contributed by atoms with van der Waals surface area (Å²) in [5.41, 5.74) is 5.53. The van der Waals surface area contributed by atoms with E-state index in [1.807, 2.05) is 0 Å². The first-order valence-corrected chi connectivity index (χ1v) is 5.22. The fourth-order valence-corrected chi connectivity index (χ4v) is 1.79. The number of nitrogens with two attached hydrogens (primary N) is 1. The third kappa shape index (κ3) is 3.11. The predicted molar refractivity (Wildman–Crippen MR) is 51.1 cm³/mol. The van der Waals surface area contributed by atoms with Gasteiger partial charge in [-0.25, -0.2) is 0 Å². The monoisotopic (exact) mass is 171 g/mol. The third-order valence-corrected chi connectivity index (χ3v) is 2.59. The predicted octanol–water partition coefficient (Wildman–Crippen LogP) is 2.07. The lowest BCUT2D eigenvalue weighted by atomic mass is 10.1. The van der Waals surface area contributed by atoms with Crippen LogP contribution >= 0.6 is 0 Å². The fourth-order valence-electron chi connectivity index (χ4n) is 1.79. The zero-order chi connectivity index (χ0) is 8.81. The fraction of sp³-hybridized carbons (Fsp3) is 1.00. The van der Waals surface area contributed by atoms with Crippen LogP contribution in [0.1, 0.15) is 45.4 Å². The molecule has 0 amide bonds. The van der Waals surface area contributed by atoms with Crippen molar-refractivity contribution >= 4 is 0 Å². The van der Waals surface area contributed by atoms with Gasteiger partial charge in [0.05, 0.1) is 12.2 Å². The van der Waals surface area contributed by atoms with Crippen molar-refractivity contribution in [2.45, 2.75) is 57.7 Å². The molecule has 0 aromatic heterocycles. The largest absolute Gasteiger partial charge is 0.374 e. The quantitative estimate of drug-likeness (QED) is 0.643. The maximum Gasteiger partial charge on any atom is 0.0702 e. The van der Waals surface area contributed by atoms with E-state index in [9.17, 15) is 0 Å². The van der Waals surface area contributed by atoms with Gasteiger partial charge in [-0.15, -0.1) is 0 Å². The van der Waals surface area contributed by atoms with Crippen molar-refractivity contribution < 1.29 is 4.74 Å². The molecule has 0 aromatic carbocycles. The Morgan fingerprint density at radius 2 is 2.00 bits per heavy atom. The summed E-state index contributed by atoms with van der Waals surface area (Å²) in [5, 5.41) is 0. The van der Waals surface area contributed by atoms with Crippen LogP contribution < -0.4 is 5.73 Å². The van der Waals surface area contributed by atoms with Crippen LogP contribution in [-0.2, 0) is 4.74 Å². The molecule has 1 aliphatic heterocycles. The van der Waals surface area contributed by atoms with Crippen molar-refractivity contribution in [2.75, 3.05) is 6.54 Å². The van der Waals surface area contributed by atoms with Crippen molar-refractivity contribution in [2.24, 2.45) is 5.73 Å². The standard InChI is InChI=1S/C10H21NO/c1-2-3-4-5-9-6-7-10(8-11)12-9/h9-10H,2-8,11H2,1H3/t9-,10-/m1/s1. The van der Waals surface area contributed by atoms with E-state index >= 15 is 0 Å². The Labute approximate surface area is 75.5 Å².